The summed E-state index contributed by atoms with van der Waals surface area (Å²) in [5.74, 6) is -3.88. The monoisotopic (exact) mass is 463 g/mol. The zero-order valence-electron chi connectivity index (χ0n) is 18.8. The van der Waals surface area contributed by atoms with Crippen molar-refractivity contribution in [1.29, 1.82) is 0 Å². The molecule has 2 heterocycles. The number of ketones is 1. The summed E-state index contributed by atoms with van der Waals surface area (Å²) in [6, 6.07) is 7.38. The van der Waals surface area contributed by atoms with Crippen LogP contribution in [0.1, 0.15) is 44.6 Å². The van der Waals surface area contributed by atoms with E-state index in [1.807, 2.05) is 31.2 Å². The minimum Gasteiger partial charge on any atom is -0.489 e. The van der Waals surface area contributed by atoms with Crippen molar-refractivity contribution in [3.05, 3.63) is 54.6 Å². The van der Waals surface area contributed by atoms with Gasteiger partial charge >= 0.3 is 0 Å². The molecule has 0 N–H and O–H groups in total. The highest BCUT2D eigenvalue weighted by Gasteiger charge is 2.30. The molecule has 0 aliphatic carbocycles. The summed E-state index contributed by atoms with van der Waals surface area (Å²) < 4.78 is 51.6. The second-order valence-electron chi connectivity index (χ2n) is 8.23. The van der Waals surface area contributed by atoms with Gasteiger partial charge in [0.1, 0.15) is 24.0 Å². The SMILES string of the molecule is C=CCCC(=O)C(C)c1ccc(OC2CCN(c3ncnc(OCC(C)(F)F)c3F)C2)cc1. The van der Waals surface area contributed by atoms with Crippen LogP contribution in [0.3, 0.4) is 0 Å². The number of anilines is 1. The third-order valence-electron chi connectivity index (χ3n) is 5.41. The van der Waals surface area contributed by atoms with E-state index in [0.29, 0.717) is 45.0 Å². The number of nitrogens with zero attached hydrogens (tertiary/aromatic N) is 3. The molecule has 1 aliphatic rings. The van der Waals surface area contributed by atoms with Crippen LogP contribution in [0.25, 0.3) is 0 Å². The van der Waals surface area contributed by atoms with E-state index in [4.69, 9.17) is 9.47 Å². The molecule has 0 amide bonds. The second kappa shape index (κ2) is 10.7. The molecule has 1 saturated heterocycles. The Morgan fingerprint density at radius 2 is 2.06 bits per heavy atom. The molecular formula is C24H28F3N3O3. The van der Waals surface area contributed by atoms with Crippen LogP contribution in [0, 0.1) is 5.82 Å². The molecule has 0 radical (unpaired) electrons. The fourth-order valence-electron chi connectivity index (χ4n) is 3.55. The number of hydrogen-bond acceptors (Lipinski definition) is 6. The largest absolute Gasteiger partial charge is 0.489 e. The molecule has 2 aromatic rings. The van der Waals surface area contributed by atoms with E-state index >= 15 is 0 Å². The van der Waals surface area contributed by atoms with Gasteiger partial charge in [-0.05, 0) is 24.1 Å². The predicted octanol–water partition coefficient (Wildman–Crippen LogP) is 4.95. The smallest absolute Gasteiger partial charge is 0.278 e. The third-order valence-corrected chi connectivity index (χ3v) is 5.41. The summed E-state index contributed by atoms with van der Waals surface area (Å²) >= 11 is 0. The fourth-order valence-corrected chi connectivity index (χ4v) is 3.55. The van der Waals surface area contributed by atoms with Gasteiger partial charge in [0.2, 0.25) is 5.82 Å². The number of allylic oxidation sites excluding steroid dienone is 1. The van der Waals surface area contributed by atoms with E-state index < -0.39 is 24.2 Å². The predicted molar refractivity (Wildman–Crippen MR) is 119 cm³/mol. The van der Waals surface area contributed by atoms with Crippen LogP contribution in [0.2, 0.25) is 0 Å². The lowest BCUT2D eigenvalue weighted by Crippen LogP contribution is -2.27. The molecule has 0 spiro atoms. The lowest BCUT2D eigenvalue weighted by Gasteiger charge is -2.20. The quantitative estimate of drug-likeness (QED) is 0.440. The fraction of sp³-hybridized carbons (Fsp3) is 0.458. The standard InChI is InChI=1S/C24H28F3N3O3/c1-4-5-6-20(31)16(2)17-7-9-18(10-8-17)33-19-11-12-30(13-19)22-21(25)23(29-15-28-22)32-14-24(3,26)27/h4,7-10,15-16,19H,1,5-6,11-14H2,2-3H3. The number of benzene rings is 1. The zero-order valence-corrected chi connectivity index (χ0v) is 18.8. The molecule has 1 aromatic carbocycles. The van der Waals surface area contributed by atoms with Gasteiger partial charge in [0.25, 0.3) is 11.8 Å². The Morgan fingerprint density at radius 1 is 1.33 bits per heavy atom. The van der Waals surface area contributed by atoms with Crippen molar-refractivity contribution in [1.82, 2.24) is 9.97 Å². The van der Waals surface area contributed by atoms with E-state index in [0.717, 1.165) is 11.9 Å². The summed E-state index contributed by atoms with van der Waals surface area (Å²) in [6.45, 7) is 6.09. The first-order chi connectivity index (χ1) is 15.7. The lowest BCUT2D eigenvalue weighted by atomic mass is 9.94. The summed E-state index contributed by atoms with van der Waals surface area (Å²) in [5, 5.41) is 0. The summed E-state index contributed by atoms with van der Waals surface area (Å²) in [7, 11) is 0. The number of alkyl halides is 2. The van der Waals surface area contributed by atoms with Crippen LogP contribution >= 0.6 is 0 Å². The molecule has 0 bridgehead atoms. The van der Waals surface area contributed by atoms with Crippen molar-refractivity contribution in [2.45, 2.75) is 51.1 Å². The topological polar surface area (TPSA) is 64.5 Å². The van der Waals surface area contributed by atoms with Crippen LogP contribution in [0.15, 0.2) is 43.2 Å². The Hall–Kier alpha value is -3.10. The second-order valence-corrected chi connectivity index (χ2v) is 8.23. The van der Waals surface area contributed by atoms with Crippen LogP contribution in [0.5, 0.6) is 11.6 Å². The number of ether oxygens (including phenoxy) is 2. The first kappa shape index (κ1) is 24.5. The van der Waals surface area contributed by atoms with Gasteiger partial charge in [-0.3, -0.25) is 4.79 Å². The highest BCUT2D eigenvalue weighted by atomic mass is 19.3. The maximum absolute atomic E-state index is 14.7. The molecule has 0 saturated carbocycles. The molecule has 33 heavy (non-hydrogen) atoms. The Bertz CT molecular complexity index is 964. The maximum atomic E-state index is 14.7. The summed E-state index contributed by atoms with van der Waals surface area (Å²) in [4.78, 5) is 21.5. The van der Waals surface area contributed by atoms with Crippen molar-refractivity contribution in [2.75, 3.05) is 24.6 Å². The third kappa shape index (κ3) is 6.69. The first-order valence-electron chi connectivity index (χ1n) is 10.8. The summed E-state index contributed by atoms with van der Waals surface area (Å²) in [5.41, 5.74) is 0.915. The van der Waals surface area contributed by atoms with Gasteiger partial charge in [0.05, 0.1) is 6.54 Å². The molecular weight excluding hydrogens is 435 g/mol. The minimum atomic E-state index is -3.10. The van der Waals surface area contributed by atoms with Crippen molar-refractivity contribution in [2.24, 2.45) is 0 Å². The average molecular weight is 464 g/mol. The van der Waals surface area contributed by atoms with E-state index in [2.05, 4.69) is 16.5 Å². The molecule has 9 heteroatoms. The molecule has 1 fully saturated rings. The van der Waals surface area contributed by atoms with Crippen molar-refractivity contribution in [3.63, 3.8) is 0 Å². The van der Waals surface area contributed by atoms with Crippen LogP contribution in [-0.4, -0.2) is 47.5 Å². The molecule has 178 valence electrons. The molecule has 6 nitrogen and oxygen atoms in total. The molecule has 2 unspecified atom stereocenters. The van der Waals surface area contributed by atoms with Gasteiger partial charge < -0.3 is 14.4 Å². The molecule has 2 atom stereocenters. The molecule has 1 aliphatic heterocycles. The van der Waals surface area contributed by atoms with Crippen molar-refractivity contribution < 1.29 is 27.4 Å². The lowest BCUT2D eigenvalue weighted by molar-refractivity contribution is -0.120. The number of carbonyl (C=O) groups is 1. The van der Waals surface area contributed by atoms with Crippen LogP contribution in [0.4, 0.5) is 19.0 Å². The van der Waals surface area contributed by atoms with Gasteiger partial charge in [-0.1, -0.05) is 25.1 Å². The molecule has 3 rings (SSSR count). The number of rotatable bonds is 11. The molecule has 1 aromatic heterocycles. The first-order valence-corrected chi connectivity index (χ1v) is 10.8. The number of aromatic nitrogens is 2. The highest BCUT2D eigenvalue weighted by Crippen LogP contribution is 2.29. The van der Waals surface area contributed by atoms with E-state index in [-0.39, 0.29) is 23.6 Å². The Kier molecular flexibility index (Phi) is 7.94. The Labute approximate surface area is 191 Å². The maximum Gasteiger partial charge on any atom is 0.278 e. The van der Waals surface area contributed by atoms with Gasteiger partial charge in [0, 0.05) is 32.2 Å². The van der Waals surface area contributed by atoms with Gasteiger partial charge in [-0.2, -0.15) is 9.37 Å². The average Bonchev–Trinajstić information content (AvgIpc) is 3.24. The van der Waals surface area contributed by atoms with Crippen LogP contribution < -0.4 is 14.4 Å². The number of carbonyl (C=O) groups excluding carboxylic acids is 1. The van der Waals surface area contributed by atoms with Crippen molar-refractivity contribution in [3.8, 4) is 11.6 Å². The number of halogens is 3. The van der Waals surface area contributed by atoms with Gasteiger partial charge in [0.15, 0.2) is 12.4 Å². The van der Waals surface area contributed by atoms with Gasteiger partial charge in [-0.25, -0.2) is 13.8 Å². The summed E-state index contributed by atoms with van der Waals surface area (Å²) in [6.07, 6.45) is 4.37. The van der Waals surface area contributed by atoms with Gasteiger partial charge in [-0.15, -0.1) is 6.58 Å². The van der Waals surface area contributed by atoms with E-state index in [1.165, 1.54) is 0 Å². The minimum absolute atomic E-state index is 0.00673. The highest BCUT2D eigenvalue weighted by molar-refractivity contribution is 5.85. The Balaban J connectivity index is 1.58. The van der Waals surface area contributed by atoms with E-state index in [9.17, 15) is 18.0 Å². The van der Waals surface area contributed by atoms with E-state index in [1.54, 1.807) is 11.0 Å². The number of hydrogen-bond donors (Lipinski definition) is 0. The van der Waals surface area contributed by atoms with Crippen LogP contribution in [-0.2, 0) is 4.79 Å². The number of Topliss-reactive ketones (excluding diaryl/α,β-unsaturated/α-hetero) is 1. The Morgan fingerprint density at radius 3 is 2.73 bits per heavy atom. The normalized spacial score (nSPS) is 17.0. The zero-order chi connectivity index (χ0) is 24.0. The van der Waals surface area contributed by atoms with Crippen molar-refractivity contribution >= 4 is 11.6 Å².